The number of ether oxygens (including phenoxy) is 1. The van der Waals surface area contributed by atoms with Crippen LogP contribution in [0.2, 0.25) is 0 Å². The second kappa shape index (κ2) is 4.84. The molecule has 1 fully saturated rings. The molecule has 1 aromatic rings. The molecule has 1 aromatic heterocycles. The van der Waals surface area contributed by atoms with Gasteiger partial charge in [0.2, 0.25) is 0 Å². The average Bonchev–Trinajstić information content (AvgIpc) is 3.20. The second-order valence-electron chi connectivity index (χ2n) is 4.78. The number of hydrogen-bond donors (Lipinski definition) is 1. The molecular formula is C13H19N3O2. The number of nitrogens with zero attached hydrogens (tertiary/aromatic N) is 2. The molecule has 0 aliphatic heterocycles. The molecule has 1 saturated carbocycles. The summed E-state index contributed by atoms with van der Waals surface area (Å²) in [6.07, 6.45) is 4.10. The molecule has 98 valence electrons. The smallest absolute Gasteiger partial charge is 0.340 e. The fraction of sp³-hybridized carbons (Fsp3) is 0.538. The average molecular weight is 249 g/mol. The monoisotopic (exact) mass is 249 g/mol. The van der Waals surface area contributed by atoms with Crippen LogP contribution in [0.5, 0.6) is 0 Å². The first-order valence-corrected chi connectivity index (χ1v) is 6.12. The number of rotatable bonds is 4. The van der Waals surface area contributed by atoms with Crippen LogP contribution in [-0.2, 0) is 4.74 Å². The quantitative estimate of drug-likeness (QED) is 0.822. The Bertz CT molecular complexity index is 458. The van der Waals surface area contributed by atoms with Crippen molar-refractivity contribution in [3.63, 3.8) is 0 Å². The summed E-state index contributed by atoms with van der Waals surface area (Å²) < 4.78 is 4.71. The summed E-state index contributed by atoms with van der Waals surface area (Å²) in [6, 6.07) is 1.97. The molecule has 0 bridgehead atoms. The number of hydrogen-bond acceptors (Lipinski definition) is 5. The summed E-state index contributed by atoms with van der Waals surface area (Å²) in [6.45, 7) is 2.16. The van der Waals surface area contributed by atoms with Crippen LogP contribution in [0, 0.1) is 5.92 Å². The maximum absolute atomic E-state index is 11.6. The number of carbonyl (C=O) groups is 1. The molecule has 1 atom stereocenters. The number of pyridine rings is 1. The van der Waals surface area contributed by atoms with Crippen LogP contribution in [-0.4, -0.2) is 31.2 Å². The van der Waals surface area contributed by atoms with Crippen molar-refractivity contribution in [1.29, 1.82) is 0 Å². The lowest BCUT2D eigenvalue weighted by Crippen LogP contribution is -2.32. The molecule has 18 heavy (non-hydrogen) atoms. The largest absolute Gasteiger partial charge is 0.465 e. The lowest BCUT2D eigenvalue weighted by Gasteiger charge is -2.27. The first-order valence-electron chi connectivity index (χ1n) is 6.12. The van der Waals surface area contributed by atoms with Gasteiger partial charge in [0.05, 0.1) is 18.4 Å². The van der Waals surface area contributed by atoms with Gasteiger partial charge in [0.1, 0.15) is 0 Å². The van der Waals surface area contributed by atoms with E-state index < -0.39 is 5.97 Å². The van der Waals surface area contributed by atoms with Crippen molar-refractivity contribution in [1.82, 2.24) is 4.98 Å². The van der Waals surface area contributed by atoms with Crippen molar-refractivity contribution >= 4 is 17.5 Å². The maximum Gasteiger partial charge on any atom is 0.340 e. The van der Waals surface area contributed by atoms with Crippen molar-refractivity contribution < 1.29 is 9.53 Å². The van der Waals surface area contributed by atoms with Crippen molar-refractivity contribution in [2.75, 3.05) is 24.8 Å². The molecule has 0 saturated heterocycles. The van der Waals surface area contributed by atoms with Crippen molar-refractivity contribution in [2.45, 2.75) is 25.8 Å². The normalized spacial score (nSPS) is 16.2. The summed E-state index contributed by atoms with van der Waals surface area (Å²) in [5, 5.41) is 0. The number of esters is 1. The Morgan fingerprint density at radius 1 is 1.61 bits per heavy atom. The third kappa shape index (κ3) is 2.25. The van der Waals surface area contributed by atoms with Gasteiger partial charge in [0.15, 0.2) is 5.82 Å². The van der Waals surface area contributed by atoms with E-state index in [1.54, 1.807) is 12.3 Å². The fourth-order valence-electron chi connectivity index (χ4n) is 2.12. The van der Waals surface area contributed by atoms with Gasteiger partial charge in [-0.05, 0) is 31.7 Å². The summed E-state index contributed by atoms with van der Waals surface area (Å²) in [5.74, 6) is 0.930. The number of nitrogen functional groups attached to an aromatic ring is 1. The van der Waals surface area contributed by atoms with Crippen LogP contribution >= 0.6 is 0 Å². The molecule has 5 heteroatoms. The van der Waals surface area contributed by atoms with Crippen LogP contribution in [0.25, 0.3) is 0 Å². The predicted molar refractivity (Wildman–Crippen MR) is 70.6 cm³/mol. The van der Waals surface area contributed by atoms with E-state index in [1.807, 2.05) is 11.9 Å². The number of methoxy groups -OCH3 is 1. The molecule has 1 aliphatic carbocycles. The van der Waals surface area contributed by atoms with E-state index in [0.29, 0.717) is 29.0 Å². The second-order valence-corrected chi connectivity index (χ2v) is 4.78. The van der Waals surface area contributed by atoms with Crippen LogP contribution in [0.4, 0.5) is 11.5 Å². The number of aromatic nitrogens is 1. The van der Waals surface area contributed by atoms with Crippen molar-refractivity contribution in [3.8, 4) is 0 Å². The van der Waals surface area contributed by atoms with E-state index >= 15 is 0 Å². The van der Waals surface area contributed by atoms with Gasteiger partial charge >= 0.3 is 5.97 Å². The van der Waals surface area contributed by atoms with E-state index in [2.05, 4.69) is 11.9 Å². The minimum atomic E-state index is -0.427. The molecule has 1 heterocycles. The number of anilines is 2. The van der Waals surface area contributed by atoms with Crippen molar-refractivity contribution in [2.24, 2.45) is 5.92 Å². The third-order valence-electron chi connectivity index (χ3n) is 3.62. The zero-order valence-electron chi connectivity index (χ0n) is 11.0. The van der Waals surface area contributed by atoms with Crippen molar-refractivity contribution in [3.05, 3.63) is 17.8 Å². The summed E-state index contributed by atoms with van der Waals surface area (Å²) >= 11 is 0. The van der Waals surface area contributed by atoms with Crippen LogP contribution < -0.4 is 10.6 Å². The van der Waals surface area contributed by atoms with Gasteiger partial charge in [-0.2, -0.15) is 0 Å². The van der Waals surface area contributed by atoms with Gasteiger partial charge in [-0.15, -0.1) is 0 Å². The summed E-state index contributed by atoms with van der Waals surface area (Å²) in [7, 11) is 3.31. The van der Waals surface area contributed by atoms with E-state index in [1.165, 1.54) is 20.0 Å². The Morgan fingerprint density at radius 3 is 2.83 bits per heavy atom. The molecule has 0 aromatic carbocycles. The highest BCUT2D eigenvalue weighted by molar-refractivity contribution is 5.97. The number of nitrogens with two attached hydrogens (primary N) is 1. The molecule has 0 radical (unpaired) electrons. The van der Waals surface area contributed by atoms with Gasteiger partial charge in [-0.25, -0.2) is 9.78 Å². The zero-order chi connectivity index (χ0) is 13.3. The van der Waals surface area contributed by atoms with Gasteiger partial charge in [-0.1, -0.05) is 0 Å². The summed E-state index contributed by atoms with van der Waals surface area (Å²) in [5.41, 5.74) is 6.77. The molecule has 1 aliphatic rings. The van der Waals surface area contributed by atoms with Gasteiger partial charge < -0.3 is 15.4 Å². The third-order valence-corrected chi connectivity index (χ3v) is 3.62. The minimum Gasteiger partial charge on any atom is -0.465 e. The fourth-order valence-corrected chi connectivity index (χ4v) is 2.12. The Labute approximate surface area is 107 Å². The molecule has 2 rings (SSSR count). The first kappa shape index (κ1) is 12.7. The maximum atomic E-state index is 11.6. The Morgan fingerprint density at radius 2 is 2.28 bits per heavy atom. The lowest BCUT2D eigenvalue weighted by atomic mass is 10.1. The molecule has 5 nitrogen and oxygen atoms in total. The van der Waals surface area contributed by atoms with Gasteiger partial charge in [0.25, 0.3) is 0 Å². The number of carbonyl (C=O) groups excluding carboxylic acids is 1. The minimum absolute atomic E-state index is 0.373. The predicted octanol–water partition coefficient (Wildman–Crippen LogP) is 1.69. The highest BCUT2D eigenvalue weighted by Crippen LogP contribution is 2.37. The molecule has 0 amide bonds. The Kier molecular flexibility index (Phi) is 3.41. The van der Waals surface area contributed by atoms with E-state index in [9.17, 15) is 4.79 Å². The molecule has 0 spiro atoms. The molecule has 1 unspecified atom stereocenters. The topological polar surface area (TPSA) is 68.5 Å². The van der Waals surface area contributed by atoms with Crippen LogP contribution in [0.1, 0.15) is 30.1 Å². The highest BCUT2D eigenvalue weighted by Gasteiger charge is 2.32. The first-order chi connectivity index (χ1) is 8.56. The summed E-state index contributed by atoms with van der Waals surface area (Å²) in [4.78, 5) is 17.9. The van der Waals surface area contributed by atoms with Gasteiger partial charge in [0, 0.05) is 19.3 Å². The van der Waals surface area contributed by atoms with E-state index in [-0.39, 0.29) is 0 Å². The lowest BCUT2D eigenvalue weighted by molar-refractivity contribution is 0.0602. The standard InChI is InChI=1S/C13H19N3O2/c1-8(9-4-5-9)16(2)12-11(14)10(6-7-15-12)13(17)18-3/h6-9H,4-5,14H2,1-3H3. The van der Waals surface area contributed by atoms with E-state index in [0.717, 1.165) is 0 Å². The van der Waals surface area contributed by atoms with Crippen LogP contribution in [0.3, 0.4) is 0 Å². The molecule has 2 N–H and O–H groups in total. The SMILES string of the molecule is COC(=O)c1ccnc(N(C)C(C)C2CC2)c1N. The highest BCUT2D eigenvalue weighted by atomic mass is 16.5. The Hall–Kier alpha value is -1.78. The van der Waals surface area contributed by atoms with Gasteiger partial charge in [-0.3, -0.25) is 0 Å². The van der Waals surface area contributed by atoms with E-state index in [4.69, 9.17) is 10.5 Å². The van der Waals surface area contributed by atoms with Crippen LogP contribution in [0.15, 0.2) is 12.3 Å². The zero-order valence-corrected chi connectivity index (χ0v) is 11.0. The molecular weight excluding hydrogens is 230 g/mol. The Balaban J connectivity index is 2.29.